The van der Waals surface area contributed by atoms with Crippen LogP contribution in [0, 0.1) is 12.7 Å². The first-order valence-electron chi connectivity index (χ1n) is 8.27. The van der Waals surface area contributed by atoms with Crippen LogP contribution in [0.3, 0.4) is 0 Å². The molecule has 0 amide bonds. The lowest BCUT2D eigenvalue weighted by Gasteiger charge is -2.11. The summed E-state index contributed by atoms with van der Waals surface area (Å²) < 4.78 is 57.6. The smallest absolute Gasteiger partial charge is 0.323 e. The van der Waals surface area contributed by atoms with Crippen molar-refractivity contribution in [1.29, 1.82) is 0 Å². The zero-order valence-electron chi connectivity index (χ0n) is 15.0. The summed E-state index contributed by atoms with van der Waals surface area (Å²) in [6, 6.07) is 10.6. The van der Waals surface area contributed by atoms with Gasteiger partial charge in [-0.15, -0.1) is 0 Å². The van der Waals surface area contributed by atoms with Crippen molar-refractivity contribution in [3.05, 3.63) is 81.5 Å². The van der Waals surface area contributed by atoms with E-state index in [-0.39, 0.29) is 17.2 Å². The Morgan fingerprint density at radius 3 is 2.43 bits per heavy atom. The van der Waals surface area contributed by atoms with Crippen LogP contribution in [0.2, 0.25) is 0 Å². The highest BCUT2D eigenvalue weighted by atomic mass is 32.2. The van der Waals surface area contributed by atoms with Gasteiger partial charge in [-0.05, 0) is 54.8 Å². The van der Waals surface area contributed by atoms with Gasteiger partial charge in [0.05, 0.1) is 16.9 Å². The lowest BCUT2D eigenvalue weighted by Crippen LogP contribution is -2.21. The molecule has 0 fully saturated rings. The molecule has 28 heavy (non-hydrogen) atoms. The Labute approximate surface area is 162 Å². The molecule has 1 N–H and O–H groups in total. The molecule has 0 radical (unpaired) electrons. The maximum atomic E-state index is 13.0. The summed E-state index contributed by atoms with van der Waals surface area (Å²) >= 11 is 1.24. The van der Waals surface area contributed by atoms with E-state index in [0.29, 0.717) is 11.4 Å². The second kappa shape index (κ2) is 7.75. The molecule has 148 valence electrons. The van der Waals surface area contributed by atoms with Gasteiger partial charge in [-0.2, -0.15) is 13.2 Å². The van der Waals surface area contributed by atoms with Crippen molar-refractivity contribution in [1.82, 2.24) is 9.36 Å². The summed E-state index contributed by atoms with van der Waals surface area (Å²) in [4.78, 5) is 12.8. The minimum Gasteiger partial charge on any atom is -0.323 e. The quantitative estimate of drug-likeness (QED) is 0.479. The van der Waals surface area contributed by atoms with Gasteiger partial charge >= 0.3 is 6.18 Å². The molecule has 0 aliphatic carbocycles. The minimum absolute atomic E-state index is 0.127. The second-order valence-electron chi connectivity index (χ2n) is 6.17. The van der Waals surface area contributed by atoms with Crippen molar-refractivity contribution in [3.63, 3.8) is 0 Å². The number of hydrogen-bond acceptors (Lipinski definition) is 3. The molecule has 0 saturated carbocycles. The molecule has 0 bridgehead atoms. The van der Waals surface area contributed by atoms with Crippen molar-refractivity contribution < 1.29 is 17.6 Å². The summed E-state index contributed by atoms with van der Waals surface area (Å²) in [7, 11) is 1.60. The van der Waals surface area contributed by atoms with Gasteiger partial charge in [0.1, 0.15) is 11.5 Å². The van der Waals surface area contributed by atoms with Crippen molar-refractivity contribution in [3.8, 4) is 5.69 Å². The Morgan fingerprint density at radius 1 is 1.11 bits per heavy atom. The van der Waals surface area contributed by atoms with Crippen LogP contribution in [-0.4, -0.2) is 9.36 Å². The highest BCUT2D eigenvalue weighted by Gasteiger charge is 2.31. The first-order chi connectivity index (χ1) is 13.2. The first kappa shape index (κ1) is 20.1. The van der Waals surface area contributed by atoms with Crippen LogP contribution in [0.25, 0.3) is 5.69 Å². The van der Waals surface area contributed by atoms with E-state index in [1.54, 1.807) is 26.1 Å². The maximum absolute atomic E-state index is 13.0. The fraction of sp³-hybridized carbons (Fsp3) is 0.211. The number of anilines is 1. The largest absolute Gasteiger partial charge is 0.416 e. The summed E-state index contributed by atoms with van der Waals surface area (Å²) in [5, 5.41) is 0. The van der Waals surface area contributed by atoms with Gasteiger partial charge in [0.15, 0.2) is 0 Å². The lowest BCUT2D eigenvalue weighted by atomic mass is 10.2. The Bertz CT molecular complexity index is 1040. The van der Waals surface area contributed by atoms with E-state index >= 15 is 0 Å². The topological polar surface area (TPSA) is 39.0 Å². The summed E-state index contributed by atoms with van der Waals surface area (Å²) in [6.45, 7) is 1.70. The second-order valence-corrected chi connectivity index (χ2v) is 6.95. The van der Waals surface area contributed by atoms with Crippen LogP contribution < -0.4 is 10.3 Å². The summed E-state index contributed by atoms with van der Waals surface area (Å²) in [5.41, 5.74) is 0.579. The van der Waals surface area contributed by atoms with Crippen molar-refractivity contribution in [2.24, 2.45) is 7.05 Å². The number of hydrogen-bond donors (Lipinski definition) is 1. The molecule has 4 nitrogen and oxygen atoms in total. The van der Waals surface area contributed by atoms with E-state index in [0.717, 1.165) is 17.7 Å². The van der Waals surface area contributed by atoms with E-state index in [1.807, 2.05) is 0 Å². The van der Waals surface area contributed by atoms with Gasteiger partial charge in [-0.1, -0.05) is 18.2 Å². The SMILES string of the molecule is Cc1c(NSCc2ccc(F)cc2)c(=O)n(-c2cccc(C(F)(F)F)c2)n1C. The van der Waals surface area contributed by atoms with Crippen LogP contribution in [0.1, 0.15) is 16.8 Å². The monoisotopic (exact) mass is 411 g/mol. The number of benzene rings is 2. The number of nitrogens with one attached hydrogen (secondary N) is 1. The van der Waals surface area contributed by atoms with Gasteiger partial charge in [-0.3, -0.25) is 9.48 Å². The fourth-order valence-corrected chi connectivity index (χ4v) is 3.51. The molecule has 3 rings (SSSR count). The molecule has 0 unspecified atom stereocenters. The van der Waals surface area contributed by atoms with E-state index < -0.39 is 17.3 Å². The third kappa shape index (κ3) is 4.09. The summed E-state index contributed by atoms with van der Waals surface area (Å²) in [6.07, 6.45) is -4.49. The highest BCUT2D eigenvalue weighted by molar-refractivity contribution is 7.99. The number of alkyl halides is 3. The van der Waals surface area contributed by atoms with Crippen molar-refractivity contribution in [2.45, 2.75) is 18.9 Å². The van der Waals surface area contributed by atoms with E-state index in [1.165, 1.54) is 45.6 Å². The molecule has 0 atom stereocenters. The molecule has 0 spiro atoms. The number of nitrogens with zero attached hydrogens (tertiary/aromatic N) is 2. The zero-order valence-corrected chi connectivity index (χ0v) is 15.9. The molecular weight excluding hydrogens is 394 g/mol. The maximum Gasteiger partial charge on any atom is 0.416 e. The molecule has 1 heterocycles. The number of aromatic nitrogens is 2. The van der Waals surface area contributed by atoms with Crippen LogP contribution in [0.4, 0.5) is 23.2 Å². The third-order valence-electron chi connectivity index (χ3n) is 4.30. The number of rotatable bonds is 5. The molecule has 0 aliphatic heterocycles. The van der Waals surface area contributed by atoms with Crippen LogP contribution in [0.5, 0.6) is 0 Å². The third-order valence-corrected chi connectivity index (χ3v) is 5.12. The van der Waals surface area contributed by atoms with E-state index in [9.17, 15) is 22.4 Å². The Kier molecular flexibility index (Phi) is 5.55. The first-order valence-corrected chi connectivity index (χ1v) is 9.25. The Hall–Kier alpha value is -2.68. The molecule has 3 aromatic rings. The molecule has 1 aromatic heterocycles. The van der Waals surface area contributed by atoms with Gasteiger partial charge in [0, 0.05) is 12.8 Å². The zero-order chi connectivity index (χ0) is 20.5. The molecule has 9 heteroatoms. The molecule has 0 saturated heterocycles. The van der Waals surface area contributed by atoms with Crippen LogP contribution in [0.15, 0.2) is 53.3 Å². The lowest BCUT2D eigenvalue weighted by molar-refractivity contribution is -0.137. The fourth-order valence-electron chi connectivity index (χ4n) is 2.70. The van der Waals surface area contributed by atoms with Crippen molar-refractivity contribution in [2.75, 3.05) is 4.72 Å². The Balaban J connectivity index is 1.86. The van der Waals surface area contributed by atoms with E-state index in [2.05, 4.69) is 4.72 Å². The van der Waals surface area contributed by atoms with Crippen molar-refractivity contribution >= 4 is 17.6 Å². The average molecular weight is 411 g/mol. The average Bonchev–Trinajstić information content (AvgIpc) is 2.86. The predicted octanol–water partition coefficient (Wildman–Crippen LogP) is 4.90. The van der Waals surface area contributed by atoms with Gasteiger partial charge in [0.25, 0.3) is 5.56 Å². The Morgan fingerprint density at radius 2 is 1.79 bits per heavy atom. The normalized spacial score (nSPS) is 11.6. The number of halogens is 4. The van der Waals surface area contributed by atoms with Gasteiger partial charge in [0.2, 0.25) is 0 Å². The minimum atomic E-state index is -4.49. The van der Waals surface area contributed by atoms with E-state index in [4.69, 9.17) is 0 Å². The molecular formula is C19H17F4N3OS. The predicted molar refractivity (Wildman–Crippen MR) is 102 cm³/mol. The van der Waals surface area contributed by atoms with Gasteiger partial charge < -0.3 is 4.72 Å². The summed E-state index contributed by atoms with van der Waals surface area (Å²) in [5.74, 6) is 0.155. The standard InChI is InChI=1S/C19H17F4N3OS/c1-12-17(24-28-11-13-6-8-15(20)9-7-13)18(27)26(25(12)2)16-5-3-4-14(10-16)19(21,22)23/h3-10,24H,11H2,1-2H3. The van der Waals surface area contributed by atoms with Crippen LogP contribution >= 0.6 is 11.9 Å². The van der Waals surface area contributed by atoms with Crippen LogP contribution in [-0.2, 0) is 19.0 Å². The molecule has 2 aromatic carbocycles. The highest BCUT2D eigenvalue weighted by Crippen LogP contribution is 2.30. The molecule has 0 aliphatic rings. The van der Waals surface area contributed by atoms with Gasteiger partial charge in [-0.25, -0.2) is 9.07 Å².